The first-order valence-corrected chi connectivity index (χ1v) is 9.52. The van der Waals surface area contributed by atoms with Crippen molar-refractivity contribution < 1.29 is 29.3 Å². The Morgan fingerprint density at radius 3 is 2.34 bits per heavy atom. The molecular formula is C19H24ClN3O6. The van der Waals surface area contributed by atoms with Gasteiger partial charge in [-0.2, -0.15) is 0 Å². The van der Waals surface area contributed by atoms with E-state index in [4.69, 9.17) is 26.6 Å². The number of hydrogen-bond donors (Lipinski definition) is 3. The number of cyclic esters (lactones) is 1. The molecule has 3 N–H and O–H groups in total. The second-order valence-electron chi connectivity index (χ2n) is 6.52. The Bertz CT molecular complexity index is 733. The number of nitrogens with zero attached hydrogens (tertiary/aromatic N) is 2. The number of alkyl carbamates (subject to hydrolysis) is 1. The summed E-state index contributed by atoms with van der Waals surface area (Å²) in [6.07, 6.45) is 1.76. The lowest BCUT2D eigenvalue weighted by Crippen LogP contribution is -2.47. The van der Waals surface area contributed by atoms with E-state index in [1.807, 2.05) is 18.2 Å². The number of halogens is 1. The van der Waals surface area contributed by atoms with Crippen molar-refractivity contribution >= 4 is 35.3 Å². The van der Waals surface area contributed by atoms with E-state index >= 15 is 0 Å². The third-order valence-electron chi connectivity index (χ3n) is 4.43. The molecule has 0 saturated carbocycles. The van der Waals surface area contributed by atoms with Crippen molar-refractivity contribution in [2.75, 3.05) is 44.2 Å². The second kappa shape index (κ2) is 11.3. The minimum Gasteiger partial charge on any atom is -0.478 e. The number of rotatable bonds is 6. The number of ether oxygens (including phenoxy) is 1. The van der Waals surface area contributed by atoms with Crippen LogP contribution in [0.25, 0.3) is 0 Å². The van der Waals surface area contributed by atoms with E-state index in [1.54, 1.807) is 0 Å². The molecule has 2 aliphatic rings. The Morgan fingerprint density at radius 1 is 1.17 bits per heavy atom. The van der Waals surface area contributed by atoms with Crippen molar-refractivity contribution in [2.24, 2.45) is 0 Å². The minimum absolute atomic E-state index is 0.0310. The van der Waals surface area contributed by atoms with E-state index in [2.05, 4.69) is 21.2 Å². The zero-order valence-corrected chi connectivity index (χ0v) is 16.5. The molecule has 29 heavy (non-hydrogen) atoms. The van der Waals surface area contributed by atoms with Gasteiger partial charge in [0.1, 0.15) is 6.10 Å². The van der Waals surface area contributed by atoms with Crippen LogP contribution < -0.4 is 10.2 Å². The van der Waals surface area contributed by atoms with E-state index in [-0.39, 0.29) is 12.2 Å². The molecule has 158 valence electrons. The van der Waals surface area contributed by atoms with Crippen LogP contribution in [0.15, 0.2) is 36.4 Å². The van der Waals surface area contributed by atoms with Crippen molar-refractivity contribution in [1.82, 2.24) is 10.2 Å². The number of anilines is 1. The van der Waals surface area contributed by atoms with Crippen LogP contribution in [0.2, 0.25) is 5.02 Å². The quantitative estimate of drug-likeness (QED) is 0.589. The molecule has 10 heteroatoms. The number of aliphatic carboxylic acids is 2. The SMILES string of the molecule is O=C(O)C=CC(=O)O.O=C1NCC(CCN2CCN(c3cccc(Cl)c3)CC2)O1. The van der Waals surface area contributed by atoms with Crippen LogP contribution in [0.1, 0.15) is 6.42 Å². The molecule has 0 radical (unpaired) electrons. The summed E-state index contributed by atoms with van der Waals surface area (Å²) in [7, 11) is 0. The van der Waals surface area contributed by atoms with Crippen molar-refractivity contribution in [3.8, 4) is 0 Å². The molecule has 2 heterocycles. The highest BCUT2D eigenvalue weighted by Crippen LogP contribution is 2.21. The van der Waals surface area contributed by atoms with Crippen LogP contribution in [0, 0.1) is 0 Å². The Kier molecular flexibility index (Phi) is 8.75. The molecule has 1 atom stereocenters. The van der Waals surface area contributed by atoms with E-state index < -0.39 is 11.9 Å². The zero-order valence-electron chi connectivity index (χ0n) is 15.8. The van der Waals surface area contributed by atoms with Crippen molar-refractivity contribution in [3.05, 3.63) is 41.4 Å². The van der Waals surface area contributed by atoms with Gasteiger partial charge in [-0.15, -0.1) is 0 Å². The lowest BCUT2D eigenvalue weighted by atomic mass is 10.2. The van der Waals surface area contributed by atoms with Gasteiger partial charge in [-0.1, -0.05) is 17.7 Å². The first kappa shape index (κ1) is 22.5. The molecule has 0 aliphatic carbocycles. The molecule has 1 aromatic carbocycles. The van der Waals surface area contributed by atoms with Gasteiger partial charge in [-0.25, -0.2) is 14.4 Å². The molecule has 3 rings (SSSR count). The van der Waals surface area contributed by atoms with Gasteiger partial charge in [0, 0.05) is 55.6 Å². The number of amides is 1. The van der Waals surface area contributed by atoms with E-state index in [0.717, 1.165) is 44.2 Å². The van der Waals surface area contributed by atoms with Gasteiger partial charge < -0.3 is 25.2 Å². The Morgan fingerprint density at radius 2 is 1.83 bits per heavy atom. The first-order chi connectivity index (χ1) is 13.8. The molecule has 2 fully saturated rings. The normalized spacial score (nSPS) is 19.3. The average molecular weight is 426 g/mol. The topological polar surface area (TPSA) is 119 Å². The lowest BCUT2D eigenvalue weighted by Gasteiger charge is -2.36. The fraction of sp³-hybridized carbons (Fsp3) is 0.421. The van der Waals surface area contributed by atoms with Crippen LogP contribution >= 0.6 is 11.6 Å². The number of hydrogen-bond acceptors (Lipinski definition) is 6. The number of nitrogens with one attached hydrogen (secondary N) is 1. The number of carboxylic acid groups (broad SMARTS) is 2. The van der Waals surface area contributed by atoms with Gasteiger partial charge in [-0.3, -0.25) is 4.90 Å². The third-order valence-corrected chi connectivity index (χ3v) is 4.66. The van der Waals surface area contributed by atoms with Crippen LogP contribution in [0.3, 0.4) is 0 Å². The summed E-state index contributed by atoms with van der Waals surface area (Å²) in [5.74, 6) is -2.51. The van der Waals surface area contributed by atoms with E-state index in [1.165, 1.54) is 5.69 Å². The van der Waals surface area contributed by atoms with Gasteiger partial charge in [0.15, 0.2) is 0 Å². The van der Waals surface area contributed by atoms with Gasteiger partial charge in [0.2, 0.25) is 0 Å². The molecule has 0 spiro atoms. The summed E-state index contributed by atoms with van der Waals surface area (Å²) >= 11 is 6.04. The number of piperazine rings is 1. The Hall–Kier alpha value is -2.78. The summed E-state index contributed by atoms with van der Waals surface area (Å²) in [6.45, 7) is 5.68. The molecule has 1 amide bonds. The van der Waals surface area contributed by atoms with E-state index in [0.29, 0.717) is 18.7 Å². The summed E-state index contributed by atoms with van der Waals surface area (Å²) in [5.41, 5.74) is 1.19. The van der Waals surface area contributed by atoms with Gasteiger partial charge in [0.25, 0.3) is 0 Å². The Labute approximate surface area is 173 Å². The molecule has 2 saturated heterocycles. The number of carboxylic acids is 2. The van der Waals surface area contributed by atoms with Gasteiger partial charge in [0.05, 0.1) is 6.54 Å². The lowest BCUT2D eigenvalue weighted by molar-refractivity contribution is -0.134. The van der Waals surface area contributed by atoms with Crippen molar-refractivity contribution in [2.45, 2.75) is 12.5 Å². The highest BCUT2D eigenvalue weighted by molar-refractivity contribution is 6.30. The smallest absolute Gasteiger partial charge is 0.407 e. The maximum Gasteiger partial charge on any atom is 0.407 e. The summed E-state index contributed by atoms with van der Waals surface area (Å²) < 4.78 is 5.15. The molecule has 1 aromatic rings. The molecule has 0 bridgehead atoms. The highest BCUT2D eigenvalue weighted by Gasteiger charge is 2.24. The largest absolute Gasteiger partial charge is 0.478 e. The Balaban J connectivity index is 0.000000321. The van der Waals surface area contributed by atoms with Crippen LogP contribution in [0.5, 0.6) is 0 Å². The van der Waals surface area contributed by atoms with E-state index in [9.17, 15) is 14.4 Å². The summed E-state index contributed by atoms with van der Waals surface area (Å²) in [5, 5.41) is 19.1. The molecular weight excluding hydrogens is 402 g/mol. The van der Waals surface area contributed by atoms with Crippen LogP contribution in [-0.4, -0.2) is 78.5 Å². The maximum absolute atomic E-state index is 11.0. The predicted molar refractivity (Wildman–Crippen MR) is 107 cm³/mol. The standard InChI is InChI=1S/C15H20ClN3O2.C4H4O4/c16-12-2-1-3-13(10-12)19-8-6-18(7-9-19)5-4-14-11-17-15(20)21-14;5-3(6)1-2-4(7)8/h1-3,10,14H,4-9,11H2,(H,17,20);1-2H,(H,5,6)(H,7,8). The van der Waals surface area contributed by atoms with Crippen LogP contribution in [0.4, 0.5) is 10.5 Å². The number of carbonyl (C=O) groups is 3. The van der Waals surface area contributed by atoms with Crippen molar-refractivity contribution in [3.63, 3.8) is 0 Å². The van der Waals surface area contributed by atoms with Gasteiger partial charge >= 0.3 is 18.0 Å². The fourth-order valence-corrected chi connectivity index (χ4v) is 3.15. The van der Waals surface area contributed by atoms with Gasteiger partial charge in [-0.05, 0) is 24.6 Å². The van der Waals surface area contributed by atoms with Crippen LogP contribution in [-0.2, 0) is 14.3 Å². The molecule has 2 aliphatic heterocycles. The molecule has 0 aromatic heterocycles. The number of carbonyl (C=O) groups excluding carboxylic acids is 1. The third kappa shape index (κ3) is 8.41. The monoisotopic (exact) mass is 425 g/mol. The summed E-state index contributed by atoms with van der Waals surface area (Å²) in [4.78, 5) is 34.9. The first-order valence-electron chi connectivity index (χ1n) is 9.15. The van der Waals surface area contributed by atoms with Crippen molar-refractivity contribution in [1.29, 1.82) is 0 Å². The zero-order chi connectivity index (χ0) is 21.2. The maximum atomic E-state index is 11.0. The highest BCUT2D eigenvalue weighted by atomic mass is 35.5. The molecule has 9 nitrogen and oxygen atoms in total. The number of benzene rings is 1. The second-order valence-corrected chi connectivity index (χ2v) is 6.95. The fourth-order valence-electron chi connectivity index (χ4n) is 2.96. The minimum atomic E-state index is -1.26. The predicted octanol–water partition coefficient (Wildman–Crippen LogP) is 1.67. The average Bonchev–Trinajstić information content (AvgIpc) is 3.11. The summed E-state index contributed by atoms with van der Waals surface area (Å²) in [6, 6.07) is 8.01. The molecule has 1 unspecified atom stereocenters.